The molecule has 0 bridgehead atoms. The minimum absolute atomic E-state index is 0.280. The van der Waals surface area contributed by atoms with Crippen molar-refractivity contribution in [2.45, 2.75) is 13.2 Å². The quantitative estimate of drug-likeness (QED) is 0.267. The summed E-state index contributed by atoms with van der Waals surface area (Å²) in [7, 11) is 4.60. The number of ether oxygens (including phenoxy) is 4. The number of amides is 3. The summed E-state index contributed by atoms with van der Waals surface area (Å²) in [5.41, 5.74) is 4.09. The van der Waals surface area contributed by atoms with Crippen LogP contribution in [0.4, 0.5) is 21.9 Å². The molecule has 0 saturated carbocycles. The lowest BCUT2D eigenvalue weighted by Crippen LogP contribution is -2.39. The molecule has 0 atom stereocenters. The van der Waals surface area contributed by atoms with E-state index in [1.165, 1.54) is 7.11 Å². The zero-order valence-corrected chi connectivity index (χ0v) is 22.4. The van der Waals surface area contributed by atoms with E-state index in [9.17, 15) is 9.59 Å². The molecular weight excluding hydrogens is 510 g/mol. The fourth-order valence-electron chi connectivity index (χ4n) is 4.41. The highest BCUT2D eigenvalue weighted by Gasteiger charge is 2.28. The summed E-state index contributed by atoms with van der Waals surface area (Å²) in [6.07, 6.45) is 0. The van der Waals surface area contributed by atoms with Crippen LogP contribution in [0.3, 0.4) is 0 Å². The fraction of sp³-hybridized carbons (Fsp3) is 0.161. The molecule has 9 heteroatoms. The zero-order chi connectivity index (χ0) is 28.1. The predicted octanol–water partition coefficient (Wildman–Crippen LogP) is 6.10. The second-order valence-electron chi connectivity index (χ2n) is 9.02. The number of nitrogens with zero attached hydrogens (tertiary/aromatic N) is 1. The maximum absolute atomic E-state index is 13.0. The van der Waals surface area contributed by atoms with E-state index in [2.05, 4.69) is 10.6 Å². The van der Waals surface area contributed by atoms with Crippen molar-refractivity contribution in [3.8, 4) is 23.0 Å². The van der Waals surface area contributed by atoms with Crippen molar-refractivity contribution in [3.63, 3.8) is 0 Å². The molecule has 0 unspecified atom stereocenters. The Hall–Kier alpha value is -5.18. The van der Waals surface area contributed by atoms with E-state index < -0.39 is 0 Å². The minimum Gasteiger partial charge on any atom is -0.495 e. The molecule has 4 aromatic carbocycles. The molecule has 0 spiro atoms. The maximum atomic E-state index is 13.0. The number of rotatable bonds is 9. The zero-order valence-electron chi connectivity index (χ0n) is 22.4. The van der Waals surface area contributed by atoms with Gasteiger partial charge in [0.2, 0.25) is 0 Å². The molecule has 4 aromatic rings. The first kappa shape index (κ1) is 26.4. The Bertz CT molecular complexity index is 1520. The van der Waals surface area contributed by atoms with E-state index in [0.29, 0.717) is 52.2 Å². The van der Waals surface area contributed by atoms with Gasteiger partial charge in [0.15, 0.2) is 11.5 Å². The predicted molar refractivity (Wildman–Crippen MR) is 153 cm³/mol. The Labute approximate surface area is 232 Å². The number of hydrogen-bond acceptors (Lipinski definition) is 6. The Balaban J connectivity index is 1.28. The molecule has 40 heavy (non-hydrogen) atoms. The van der Waals surface area contributed by atoms with Gasteiger partial charge in [-0.05, 0) is 59.7 Å². The summed E-state index contributed by atoms with van der Waals surface area (Å²) < 4.78 is 22.1. The highest BCUT2D eigenvalue weighted by Crippen LogP contribution is 2.39. The van der Waals surface area contributed by atoms with Crippen LogP contribution in [-0.4, -0.2) is 33.3 Å². The van der Waals surface area contributed by atoms with Gasteiger partial charge >= 0.3 is 6.03 Å². The average Bonchev–Trinajstić information content (AvgIpc) is 3.00. The van der Waals surface area contributed by atoms with Crippen molar-refractivity contribution in [1.29, 1.82) is 0 Å². The summed E-state index contributed by atoms with van der Waals surface area (Å²) in [4.78, 5) is 27.5. The first-order valence-corrected chi connectivity index (χ1v) is 12.6. The van der Waals surface area contributed by atoms with Gasteiger partial charge in [0.25, 0.3) is 5.91 Å². The van der Waals surface area contributed by atoms with Crippen LogP contribution < -0.4 is 34.5 Å². The number of carbonyl (C=O) groups excluding carboxylic acids is 2. The van der Waals surface area contributed by atoms with Crippen LogP contribution in [0.2, 0.25) is 0 Å². The largest absolute Gasteiger partial charge is 0.495 e. The van der Waals surface area contributed by atoms with Crippen LogP contribution in [0, 0.1) is 0 Å². The third kappa shape index (κ3) is 5.63. The number of benzene rings is 4. The molecule has 1 aliphatic heterocycles. The average molecular weight is 540 g/mol. The topological polar surface area (TPSA) is 98.4 Å². The van der Waals surface area contributed by atoms with Gasteiger partial charge in [-0.1, -0.05) is 30.3 Å². The van der Waals surface area contributed by atoms with Gasteiger partial charge in [-0.2, -0.15) is 0 Å². The van der Waals surface area contributed by atoms with Gasteiger partial charge in [-0.15, -0.1) is 0 Å². The molecule has 3 amide bonds. The number of hydrogen-bond donors (Lipinski definition) is 2. The first-order valence-electron chi connectivity index (χ1n) is 12.6. The molecule has 0 aromatic heterocycles. The molecule has 5 rings (SSSR count). The standard InChI is InChI=1S/C31H29N3O6/c1-37-27-15-21(30(35)32-23-10-12-24(13-11-23)40-19-20-7-5-4-6-8-20)9-14-26(27)34-18-22-16-28(38-2)29(39-3)17-25(22)33-31(34)36/h4-17H,18-19H2,1-3H3,(H,32,35)(H,33,36). The SMILES string of the molecule is COc1cc2c(cc1OC)NC(=O)N(c1ccc(C(=O)Nc3ccc(OCc4ccccc4)cc3)cc1OC)C2. The fourth-order valence-corrected chi connectivity index (χ4v) is 4.41. The summed E-state index contributed by atoms with van der Waals surface area (Å²) in [5, 5.41) is 5.77. The molecule has 204 valence electrons. The third-order valence-corrected chi connectivity index (χ3v) is 6.52. The van der Waals surface area contributed by atoms with Crippen LogP contribution in [0.25, 0.3) is 0 Å². The number of fused-ring (bicyclic) bond motifs is 1. The van der Waals surface area contributed by atoms with E-state index in [4.69, 9.17) is 18.9 Å². The van der Waals surface area contributed by atoms with Crippen LogP contribution >= 0.6 is 0 Å². The van der Waals surface area contributed by atoms with Gasteiger partial charge in [-0.3, -0.25) is 9.69 Å². The Morgan fingerprint density at radius 1 is 0.850 bits per heavy atom. The Morgan fingerprint density at radius 2 is 1.55 bits per heavy atom. The second kappa shape index (κ2) is 11.7. The third-order valence-electron chi connectivity index (χ3n) is 6.52. The summed E-state index contributed by atoms with van der Waals surface area (Å²) in [5.74, 6) is 1.86. The van der Waals surface area contributed by atoms with Gasteiger partial charge < -0.3 is 29.6 Å². The molecule has 0 fully saturated rings. The summed E-state index contributed by atoms with van der Waals surface area (Å²) >= 11 is 0. The number of urea groups is 1. The number of carbonyl (C=O) groups is 2. The van der Waals surface area contributed by atoms with Gasteiger partial charge in [0, 0.05) is 17.3 Å². The van der Waals surface area contributed by atoms with Crippen molar-refractivity contribution in [1.82, 2.24) is 0 Å². The Morgan fingerprint density at radius 3 is 2.25 bits per heavy atom. The molecule has 0 saturated heterocycles. The van der Waals surface area contributed by atoms with Crippen LogP contribution in [-0.2, 0) is 13.2 Å². The van der Waals surface area contributed by atoms with Crippen molar-refractivity contribution < 1.29 is 28.5 Å². The molecule has 0 radical (unpaired) electrons. The van der Waals surface area contributed by atoms with E-state index >= 15 is 0 Å². The normalized spacial score (nSPS) is 12.2. The van der Waals surface area contributed by atoms with Crippen molar-refractivity contribution >= 4 is 29.0 Å². The first-order chi connectivity index (χ1) is 19.5. The molecule has 0 aliphatic carbocycles. The van der Waals surface area contributed by atoms with Gasteiger partial charge in [0.05, 0.1) is 39.2 Å². The number of nitrogens with one attached hydrogen (secondary N) is 2. The minimum atomic E-state index is -0.329. The van der Waals surface area contributed by atoms with Crippen molar-refractivity contribution in [2.75, 3.05) is 36.9 Å². The second-order valence-corrected chi connectivity index (χ2v) is 9.02. The molecule has 1 aliphatic rings. The molecular formula is C31H29N3O6. The number of methoxy groups -OCH3 is 3. The van der Waals surface area contributed by atoms with Crippen LogP contribution in [0.5, 0.6) is 23.0 Å². The van der Waals surface area contributed by atoms with Crippen LogP contribution in [0.1, 0.15) is 21.5 Å². The monoisotopic (exact) mass is 539 g/mol. The lowest BCUT2D eigenvalue weighted by Gasteiger charge is -2.31. The smallest absolute Gasteiger partial charge is 0.326 e. The lowest BCUT2D eigenvalue weighted by atomic mass is 10.1. The molecule has 9 nitrogen and oxygen atoms in total. The van der Waals surface area contributed by atoms with E-state index in [1.54, 1.807) is 67.7 Å². The lowest BCUT2D eigenvalue weighted by molar-refractivity contribution is 0.102. The van der Waals surface area contributed by atoms with E-state index in [0.717, 1.165) is 11.1 Å². The van der Waals surface area contributed by atoms with Gasteiger partial charge in [0.1, 0.15) is 18.1 Å². The highest BCUT2D eigenvalue weighted by molar-refractivity contribution is 6.07. The molecule has 2 N–H and O–H groups in total. The van der Waals surface area contributed by atoms with Crippen LogP contribution in [0.15, 0.2) is 84.9 Å². The van der Waals surface area contributed by atoms with Crippen molar-refractivity contribution in [3.05, 3.63) is 102 Å². The highest BCUT2D eigenvalue weighted by atomic mass is 16.5. The van der Waals surface area contributed by atoms with Gasteiger partial charge in [-0.25, -0.2) is 4.79 Å². The van der Waals surface area contributed by atoms with E-state index in [1.807, 2.05) is 36.4 Å². The molecule has 1 heterocycles. The Kier molecular flexibility index (Phi) is 7.72. The van der Waals surface area contributed by atoms with E-state index in [-0.39, 0.29) is 18.5 Å². The number of anilines is 3. The van der Waals surface area contributed by atoms with Crippen molar-refractivity contribution in [2.24, 2.45) is 0 Å². The maximum Gasteiger partial charge on any atom is 0.326 e. The summed E-state index contributed by atoms with van der Waals surface area (Å²) in [6.45, 7) is 0.739. The summed E-state index contributed by atoms with van der Waals surface area (Å²) in [6, 6.07) is 25.3.